The van der Waals surface area contributed by atoms with Crippen LogP contribution in [0.2, 0.25) is 0 Å². The maximum absolute atomic E-state index is 10.1. The van der Waals surface area contributed by atoms with Gasteiger partial charge in [0.15, 0.2) is 13.2 Å². The van der Waals surface area contributed by atoms with Crippen LogP contribution in [0.4, 0.5) is 3.89 Å². The molecule has 0 N–H and O–H groups in total. The van der Waals surface area contributed by atoms with E-state index in [9.17, 15) is 3.89 Å². The second kappa shape index (κ2) is 5.85. The average Bonchev–Trinajstić information content (AvgIpc) is 2.64. The van der Waals surface area contributed by atoms with Gasteiger partial charge in [-0.1, -0.05) is 30.3 Å². The van der Waals surface area contributed by atoms with Crippen molar-refractivity contribution in [3.63, 3.8) is 0 Å². The van der Waals surface area contributed by atoms with Crippen molar-refractivity contribution in [1.29, 1.82) is 0 Å². The van der Waals surface area contributed by atoms with E-state index in [1.54, 1.807) is 11.5 Å². The van der Waals surface area contributed by atoms with Crippen LogP contribution in [0.1, 0.15) is 0 Å². The van der Waals surface area contributed by atoms with Crippen LogP contribution in [0.5, 0.6) is 0 Å². The Labute approximate surface area is 103 Å². The summed E-state index contributed by atoms with van der Waals surface area (Å²) in [6.45, 7) is 0. The molecule has 1 aromatic heterocycles. The molecule has 0 aliphatic carbocycles. The molecule has 0 aliphatic heterocycles. The third-order valence-electron chi connectivity index (χ3n) is 1.74. The van der Waals surface area contributed by atoms with Gasteiger partial charge < -0.3 is 4.55 Å². The fourth-order valence-electron chi connectivity index (χ4n) is 1.14. The van der Waals surface area contributed by atoms with Gasteiger partial charge in [0, 0.05) is 6.07 Å². The van der Waals surface area contributed by atoms with Crippen LogP contribution in [0.25, 0.3) is 10.4 Å². The summed E-state index contributed by atoms with van der Waals surface area (Å²) in [5.41, 5.74) is 1.29. The topological polar surface area (TPSA) is 61.1 Å². The molecule has 0 bridgehead atoms. The summed E-state index contributed by atoms with van der Waals surface area (Å²) < 4.78 is 37.4. The fraction of sp³-hybridized carbons (Fsp3) is 0.100. The number of aryl methyl sites for hydroxylation is 1. The van der Waals surface area contributed by atoms with Gasteiger partial charge in [0.2, 0.25) is 0 Å². The van der Waals surface area contributed by atoms with Gasteiger partial charge in [-0.3, -0.25) is 0 Å². The van der Waals surface area contributed by atoms with E-state index in [0.29, 0.717) is 0 Å². The highest BCUT2D eigenvalue weighted by atomic mass is 32.3. The molecule has 2 rings (SSSR count). The van der Waals surface area contributed by atoms with Crippen molar-refractivity contribution in [3.05, 3.63) is 42.6 Å². The quantitative estimate of drug-likeness (QED) is 0.452. The van der Waals surface area contributed by atoms with Gasteiger partial charge in [-0.05, 0) is 5.56 Å². The first-order valence-electron chi connectivity index (χ1n) is 4.53. The Balaban J connectivity index is 0.000000249. The number of aromatic nitrogens is 1. The summed E-state index contributed by atoms with van der Waals surface area (Å²) in [5.74, 6) is 0. The zero-order valence-corrected chi connectivity index (χ0v) is 10.5. The van der Waals surface area contributed by atoms with Crippen molar-refractivity contribution in [2.75, 3.05) is 0 Å². The van der Waals surface area contributed by atoms with Gasteiger partial charge in [0.25, 0.3) is 10.5 Å². The zero-order chi connectivity index (χ0) is 12.9. The predicted octanol–water partition coefficient (Wildman–Crippen LogP) is 1.66. The first-order chi connectivity index (χ1) is 7.86. The number of hydrogen-bond donors (Lipinski definition) is 0. The minimum atomic E-state index is -5.42. The van der Waals surface area contributed by atoms with E-state index in [2.05, 4.69) is 47.5 Å². The molecular formula is C10H10FNO3S2. The Kier molecular flexibility index (Phi) is 4.73. The molecule has 7 heteroatoms. The van der Waals surface area contributed by atoms with E-state index < -0.39 is 10.5 Å². The Morgan fingerprint density at radius 2 is 1.76 bits per heavy atom. The normalized spacial score (nSPS) is 10.5. The van der Waals surface area contributed by atoms with Gasteiger partial charge in [-0.25, -0.2) is 8.42 Å². The maximum Gasteiger partial charge on any atom is 0.255 e. The largest absolute Gasteiger partial charge is 0.722 e. The van der Waals surface area contributed by atoms with E-state index in [1.165, 1.54) is 10.4 Å². The molecule has 0 atom stereocenters. The Hall–Kier alpha value is -1.31. The molecule has 92 valence electrons. The van der Waals surface area contributed by atoms with Crippen molar-refractivity contribution in [3.8, 4) is 10.4 Å². The minimum absolute atomic E-state index is 1.29. The van der Waals surface area contributed by atoms with E-state index >= 15 is 0 Å². The van der Waals surface area contributed by atoms with Crippen molar-refractivity contribution in [2.45, 2.75) is 0 Å². The van der Waals surface area contributed by atoms with Crippen LogP contribution < -0.4 is 3.96 Å². The van der Waals surface area contributed by atoms with Crippen LogP contribution in [-0.4, -0.2) is 13.0 Å². The van der Waals surface area contributed by atoms with Gasteiger partial charge >= 0.3 is 0 Å². The molecular weight excluding hydrogens is 265 g/mol. The third kappa shape index (κ3) is 6.10. The summed E-state index contributed by atoms with van der Waals surface area (Å²) in [5, 5.41) is 0. The first kappa shape index (κ1) is 13.8. The molecule has 17 heavy (non-hydrogen) atoms. The van der Waals surface area contributed by atoms with Crippen LogP contribution in [0.15, 0.2) is 42.6 Å². The van der Waals surface area contributed by atoms with Crippen molar-refractivity contribution in [1.82, 2.24) is 0 Å². The lowest BCUT2D eigenvalue weighted by atomic mass is 10.2. The van der Waals surface area contributed by atoms with Crippen LogP contribution in [0, 0.1) is 0 Å². The summed E-state index contributed by atoms with van der Waals surface area (Å²) in [4.78, 5) is 1.32. The number of rotatable bonds is 1. The van der Waals surface area contributed by atoms with Crippen molar-refractivity contribution < 1.29 is 20.8 Å². The summed E-state index contributed by atoms with van der Waals surface area (Å²) in [7, 11) is -3.36. The molecule has 0 unspecified atom stereocenters. The highest BCUT2D eigenvalue weighted by Crippen LogP contribution is 2.20. The number of nitrogens with zero attached hydrogens (tertiary/aromatic N) is 1. The second-order valence-corrected chi connectivity index (χ2v) is 5.06. The molecule has 2 aromatic rings. The van der Waals surface area contributed by atoms with Gasteiger partial charge in [0.1, 0.15) is 16.4 Å². The Morgan fingerprint density at radius 1 is 1.24 bits per heavy atom. The molecule has 0 saturated carbocycles. The standard InChI is InChI=1S/C10H10NS.FHO3S/c1-11-8-7-10(12-11)9-5-3-2-4-6-9;1-5(2,3)4/h2-8H,1H3;(H,2,3,4)/q+1;/p-1. The summed E-state index contributed by atoms with van der Waals surface area (Å²) >= 11 is 1.76. The molecule has 1 heterocycles. The molecule has 0 aliphatic rings. The maximum atomic E-state index is 10.1. The van der Waals surface area contributed by atoms with Crippen molar-refractivity contribution in [2.24, 2.45) is 7.05 Å². The fourth-order valence-corrected chi connectivity index (χ4v) is 1.94. The lowest BCUT2D eigenvalue weighted by molar-refractivity contribution is -0.600. The summed E-state index contributed by atoms with van der Waals surface area (Å²) in [6, 6.07) is 12.6. The van der Waals surface area contributed by atoms with Gasteiger partial charge in [-0.15, -0.1) is 7.84 Å². The van der Waals surface area contributed by atoms with Crippen molar-refractivity contribution >= 4 is 22.0 Å². The summed E-state index contributed by atoms with van der Waals surface area (Å²) in [6.07, 6.45) is 2.08. The molecule has 0 amide bonds. The van der Waals surface area contributed by atoms with Gasteiger partial charge in [0.05, 0.1) is 0 Å². The predicted molar refractivity (Wildman–Crippen MR) is 61.7 cm³/mol. The Morgan fingerprint density at radius 3 is 2.18 bits per heavy atom. The lowest BCUT2D eigenvalue weighted by Crippen LogP contribution is -2.18. The zero-order valence-electron chi connectivity index (χ0n) is 8.91. The molecule has 1 aromatic carbocycles. The molecule has 0 fully saturated rings. The van der Waals surface area contributed by atoms with Crippen LogP contribution in [0.3, 0.4) is 0 Å². The monoisotopic (exact) mass is 275 g/mol. The van der Waals surface area contributed by atoms with E-state index in [1.807, 2.05) is 6.07 Å². The third-order valence-corrected chi connectivity index (χ3v) is 2.71. The number of hydrogen-bond acceptors (Lipinski definition) is 4. The van der Waals surface area contributed by atoms with E-state index in [4.69, 9.17) is 13.0 Å². The Bertz CT molecular complexity index is 558. The SMILES string of the molecule is C[n+]1ccc(-c2ccccc2)s1.O=S(=O)([O-])F. The van der Waals surface area contributed by atoms with Crippen LogP contribution in [-0.2, 0) is 17.6 Å². The highest BCUT2D eigenvalue weighted by molar-refractivity contribution is 7.80. The molecule has 0 radical (unpaired) electrons. The highest BCUT2D eigenvalue weighted by Gasteiger charge is 2.03. The number of benzene rings is 1. The average molecular weight is 275 g/mol. The minimum Gasteiger partial charge on any atom is -0.722 e. The van der Waals surface area contributed by atoms with Crippen LogP contribution >= 0.6 is 11.5 Å². The second-order valence-electron chi connectivity index (χ2n) is 3.08. The smallest absolute Gasteiger partial charge is 0.255 e. The molecule has 0 saturated heterocycles. The lowest BCUT2D eigenvalue weighted by Gasteiger charge is -1.90. The van der Waals surface area contributed by atoms with E-state index in [-0.39, 0.29) is 0 Å². The van der Waals surface area contributed by atoms with Gasteiger partial charge in [-0.2, -0.15) is 0 Å². The molecule has 4 nitrogen and oxygen atoms in total. The number of halogens is 1. The first-order valence-corrected chi connectivity index (χ1v) is 6.61. The molecule has 0 spiro atoms. The van der Waals surface area contributed by atoms with E-state index in [0.717, 1.165) is 0 Å².